The molecule has 102 valence electrons. The second kappa shape index (κ2) is 8.02. The van der Waals surface area contributed by atoms with Crippen molar-refractivity contribution in [2.24, 2.45) is 5.92 Å². The van der Waals surface area contributed by atoms with Crippen LogP contribution in [0.25, 0.3) is 0 Å². The lowest BCUT2D eigenvalue weighted by Crippen LogP contribution is -2.24. The Balaban J connectivity index is 2.59. The summed E-state index contributed by atoms with van der Waals surface area (Å²) in [6.07, 6.45) is 0. The normalized spacial score (nSPS) is 12.3. The molecule has 0 aliphatic carbocycles. The largest absolute Gasteiger partial charge is 0.496 e. The Morgan fingerprint density at radius 2 is 1.83 bits per heavy atom. The van der Waals surface area contributed by atoms with Crippen molar-refractivity contribution < 1.29 is 9.47 Å². The van der Waals surface area contributed by atoms with Crippen LogP contribution in [0.1, 0.15) is 13.8 Å². The SMILES string of the molecule is CCNCC(C)COc1cc(Br)c(OC)cc1Br. The first-order valence-corrected chi connectivity index (χ1v) is 7.53. The molecule has 5 heteroatoms. The summed E-state index contributed by atoms with van der Waals surface area (Å²) in [4.78, 5) is 0. The molecule has 18 heavy (non-hydrogen) atoms. The number of rotatable bonds is 7. The summed E-state index contributed by atoms with van der Waals surface area (Å²) < 4.78 is 12.8. The maximum Gasteiger partial charge on any atom is 0.134 e. The van der Waals surface area contributed by atoms with Gasteiger partial charge >= 0.3 is 0 Å². The predicted molar refractivity (Wildman–Crippen MR) is 81.6 cm³/mol. The van der Waals surface area contributed by atoms with Crippen molar-refractivity contribution in [3.63, 3.8) is 0 Å². The van der Waals surface area contributed by atoms with Gasteiger partial charge in [0.2, 0.25) is 0 Å². The Kier molecular flexibility index (Phi) is 7.04. The first-order chi connectivity index (χ1) is 8.58. The van der Waals surface area contributed by atoms with E-state index in [1.54, 1.807) is 7.11 Å². The topological polar surface area (TPSA) is 30.5 Å². The van der Waals surface area contributed by atoms with Crippen LogP contribution in [-0.4, -0.2) is 26.8 Å². The van der Waals surface area contributed by atoms with E-state index in [2.05, 4.69) is 51.0 Å². The number of methoxy groups -OCH3 is 1. The molecule has 1 atom stereocenters. The van der Waals surface area contributed by atoms with Gasteiger partial charge < -0.3 is 14.8 Å². The van der Waals surface area contributed by atoms with Crippen molar-refractivity contribution >= 4 is 31.9 Å². The van der Waals surface area contributed by atoms with Crippen LogP contribution in [0.15, 0.2) is 21.1 Å². The van der Waals surface area contributed by atoms with Crippen LogP contribution in [0.2, 0.25) is 0 Å². The van der Waals surface area contributed by atoms with E-state index in [4.69, 9.17) is 9.47 Å². The zero-order chi connectivity index (χ0) is 13.5. The molecule has 3 nitrogen and oxygen atoms in total. The van der Waals surface area contributed by atoms with Crippen molar-refractivity contribution in [2.75, 3.05) is 26.8 Å². The lowest BCUT2D eigenvalue weighted by atomic mass is 10.2. The van der Waals surface area contributed by atoms with Gasteiger partial charge in [-0.05, 0) is 50.5 Å². The first kappa shape index (κ1) is 15.8. The molecule has 1 unspecified atom stereocenters. The fourth-order valence-electron chi connectivity index (χ4n) is 1.46. The summed E-state index contributed by atoms with van der Waals surface area (Å²) in [5, 5.41) is 3.31. The van der Waals surface area contributed by atoms with Crippen LogP contribution in [0, 0.1) is 5.92 Å². The third kappa shape index (κ3) is 4.78. The number of benzene rings is 1. The molecule has 0 amide bonds. The van der Waals surface area contributed by atoms with Gasteiger partial charge in [-0.1, -0.05) is 13.8 Å². The van der Waals surface area contributed by atoms with Crippen LogP contribution < -0.4 is 14.8 Å². The molecule has 1 aromatic carbocycles. The Morgan fingerprint density at radius 3 is 2.44 bits per heavy atom. The van der Waals surface area contributed by atoms with E-state index in [1.807, 2.05) is 12.1 Å². The van der Waals surface area contributed by atoms with Crippen LogP contribution >= 0.6 is 31.9 Å². The predicted octanol–water partition coefficient (Wildman–Crippen LogP) is 3.84. The fraction of sp³-hybridized carbons (Fsp3) is 0.538. The van der Waals surface area contributed by atoms with Gasteiger partial charge in [-0.15, -0.1) is 0 Å². The number of ether oxygens (including phenoxy) is 2. The summed E-state index contributed by atoms with van der Waals surface area (Å²) in [5.41, 5.74) is 0. The minimum Gasteiger partial charge on any atom is -0.496 e. The number of nitrogens with one attached hydrogen (secondary N) is 1. The van der Waals surface area contributed by atoms with E-state index in [0.717, 1.165) is 33.5 Å². The number of hydrogen-bond donors (Lipinski definition) is 1. The summed E-state index contributed by atoms with van der Waals surface area (Å²) in [7, 11) is 1.64. The van der Waals surface area contributed by atoms with Gasteiger partial charge in [0, 0.05) is 12.5 Å². The Bertz CT molecular complexity index is 385. The molecule has 0 spiro atoms. The van der Waals surface area contributed by atoms with Crippen LogP contribution in [0.3, 0.4) is 0 Å². The average molecular weight is 381 g/mol. The second-order valence-electron chi connectivity index (χ2n) is 4.14. The van der Waals surface area contributed by atoms with Gasteiger partial charge in [-0.25, -0.2) is 0 Å². The highest BCUT2D eigenvalue weighted by Gasteiger charge is 2.09. The van der Waals surface area contributed by atoms with Crippen molar-refractivity contribution in [2.45, 2.75) is 13.8 Å². The maximum atomic E-state index is 5.80. The molecule has 0 heterocycles. The number of halogens is 2. The standard InChI is InChI=1S/C13H19Br2NO2/c1-4-16-7-9(2)8-18-13-6-10(14)12(17-3)5-11(13)15/h5-6,9,16H,4,7-8H2,1-3H3. The van der Waals surface area contributed by atoms with Crippen molar-refractivity contribution in [1.29, 1.82) is 0 Å². The van der Waals surface area contributed by atoms with Crippen molar-refractivity contribution in [3.8, 4) is 11.5 Å². The lowest BCUT2D eigenvalue weighted by molar-refractivity contribution is 0.254. The molecule has 0 fully saturated rings. The van der Waals surface area contributed by atoms with Crippen LogP contribution in [0.4, 0.5) is 0 Å². The fourth-order valence-corrected chi connectivity index (χ4v) is 2.38. The second-order valence-corrected chi connectivity index (χ2v) is 5.85. The highest BCUT2D eigenvalue weighted by molar-refractivity contribution is 9.11. The summed E-state index contributed by atoms with van der Waals surface area (Å²) in [5.74, 6) is 2.08. The van der Waals surface area contributed by atoms with E-state index in [1.165, 1.54) is 0 Å². The molecule has 1 N–H and O–H groups in total. The molecule has 0 aromatic heterocycles. The molecule has 1 rings (SSSR count). The number of hydrogen-bond acceptors (Lipinski definition) is 3. The molecule has 0 aliphatic rings. The lowest BCUT2D eigenvalue weighted by Gasteiger charge is -2.15. The minimum atomic E-state index is 0.470. The molecule has 0 radical (unpaired) electrons. The molecular formula is C13H19Br2NO2. The third-order valence-electron chi connectivity index (χ3n) is 2.47. The molecule has 0 saturated carbocycles. The van der Waals surface area contributed by atoms with Gasteiger partial charge in [0.15, 0.2) is 0 Å². The molecule has 0 saturated heterocycles. The van der Waals surface area contributed by atoms with E-state index in [9.17, 15) is 0 Å². The highest BCUT2D eigenvalue weighted by atomic mass is 79.9. The Labute approximate surface area is 125 Å². The Hall–Kier alpha value is -0.260. The monoisotopic (exact) mass is 379 g/mol. The van der Waals surface area contributed by atoms with E-state index >= 15 is 0 Å². The zero-order valence-electron chi connectivity index (χ0n) is 10.9. The van der Waals surface area contributed by atoms with E-state index < -0.39 is 0 Å². The van der Waals surface area contributed by atoms with E-state index in [-0.39, 0.29) is 0 Å². The summed E-state index contributed by atoms with van der Waals surface area (Å²) in [6, 6.07) is 3.82. The summed E-state index contributed by atoms with van der Waals surface area (Å²) in [6.45, 7) is 6.90. The van der Waals surface area contributed by atoms with Gasteiger partial charge in [-0.3, -0.25) is 0 Å². The van der Waals surface area contributed by atoms with Crippen LogP contribution in [-0.2, 0) is 0 Å². The maximum absolute atomic E-state index is 5.80. The van der Waals surface area contributed by atoms with Gasteiger partial charge in [0.25, 0.3) is 0 Å². The molecular weight excluding hydrogens is 362 g/mol. The third-order valence-corrected chi connectivity index (χ3v) is 3.71. The average Bonchev–Trinajstić information content (AvgIpc) is 2.36. The van der Waals surface area contributed by atoms with Crippen LogP contribution in [0.5, 0.6) is 11.5 Å². The minimum absolute atomic E-state index is 0.470. The Morgan fingerprint density at radius 1 is 1.22 bits per heavy atom. The first-order valence-electron chi connectivity index (χ1n) is 5.95. The molecule has 0 aliphatic heterocycles. The quantitative estimate of drug-likeness (QED) is 0.779. The summed E-state index contributed by atoms with van der Waals surface area (Å²) >= 11 is 6.94. The van der Waals surface area contributed by atoms with Crippen molar-refractivity contribution in [3.05, 3.63) is 21.1 Å². The van der Waals surface area contributed by atoms with Gasteiger partial charge in [0.1, 0.15) is 11.5 Å². The van der Waals surface area contributed by atoms with Gasteiger partial charge in [-0.2, -0.15) is 0 Å². The van der Waals surface area contributed by atoms with Crippen molar-refractivity contribution in [1.82, 2.24) is 5.32 Å². The van der Waals surface area contributed by atoms with Gasteiger partial charge in [0.05, 0.1) is 22.7 Å². The smallest absolute Gasteiger partial charge is 0.134 e. The molecule has 0 bridgehead atoms. The zero-order valence-corrected chi connectivity index (χ0v) is 14.1. The van der Waals surface area contributed by atoms with E-state index in [0.29, 0.717) is 12.5 Å². The highest BCUT2D eigenvalue weighted by Crippen LogP contribution is 2.36. The molecule has 1 aromatic rings.